The molecule has 20 heavy (non-hydrogen) atoms. The summed E-state index contributed by atoms with van der Waals surface area (Å²) in [6, 6.07) is 10.7. The maximum absolute atomic E-state index is 12.4. The minimum atomic E-state index is -0.173. The van der Waals surface area contributed by atoms with Gasteiger partial charge < -0.3 is 0 Å². The topological polar surface area (TPSA) is 64.7 Å². The van der Waals surface area contributed by atoms with E-state index in [0.29, 0.717) is 33.6 Å². The Kier molecular flexibility index (Phi) is 3.89. The van der Waals surface area contributed by atoms with Crippen LogP contribution in [0.15, 0.2) is 53.0 Å². The van der Waals surface area contributed by atoms with Gasteiger partial charge in [-0.3, -0.25) is 4.79 Å². The molecule has 0 radical (unpaired) electrons. The van der Waals surface area contributed by atoms with Crippen molar-refractivity contribution >= 4 is 24.0 Å². The molecule has 3 nitrogen and oxygen atoms in total. The van der Waals surface area contributed by atoms with Gasteiger partial charge >= 0.3 is 0 Å². The molecule has 0 fully saturated rings. The largest absolute Gasteiger partial charge is 0.289 e. The Morgan fingerprint density at radius 2 is 1.85 bits per heavy atom. The van der Waals surface area contributed by atoms with Gasteiger partial charge in [-0.2, -0.15) is 10.5 Å². The SMILES string of the molecule is C=C(S)C/C=C1\C(=O)c2ccccc2C1=C(C#N)C#N. The molecule has 2 rings (SSSR count). The molecular formula is C16H10N2OS. The quantitative estimate of drug-likeness (QED) is 0.512. The Labute approximate surface area is 122 Å². The van der Waals surface area contributed by atoms with Gasteiger partial charge in [0.05, 0.1) is 0 Å². The molecular weight excluding hydrogens is 268 g/mol. The highest BCUT2D eigenvalue weighted by Crippen LogP contribution is 2.39. The van der Waals surface area contributed by atoms with Gasteiger partial charge in [-0.1, -0.05) is 36.9 Å². The molecule has 0 atom stereocenters. The van der Waals surface area contributed by atoms with Gasteiger partial charge in [0.15, 0.2) is 5.78 Å². The molecule has 0 saturated heterocycles. The number of ketones is 1. The second-order valence-electron chi connectivity index (χ2n) is 4.24. The number of nitrogens with zero attached hydrogens (tertiary/aromatic N) is 2. The van der Waals surface area contributed by atoms with Crippen molar-refractivity contribution in [1.29, 1.82) is 10.5 Å². The number of carbonyl (C=O) groups excluding carboxylic acids is 1. The number of fused-ring (bicyclic) bond motifs is 1. The van der Waals surface area contributed by atoms with Gasteiger partial charge in [0.1, 0.15) is 17.7 Å². The Hall–Kier alpha value is -2.56. The highest BCUT2D eigenvalue weighted by atomic mass is 32.1. The fourth-order valence-corrected chi connectivity index (χ4v) is 2.21. The van der Waals surface area contributed by atoms with Crippen LogP contribution < -0.4 is 0 Å². The van der Waals surface area contributed by atoms with Crippen LogP contribution >= 0.6 is 12.6 Å². The summed E-state index contributed by atoms with van der Waals surface area (Å²) in [4.78, 5) is 13.0. The third-order valence-electron chi connectivity index (χ3n) is 2.97. The van der Waals surface area contributed by atoms with E-state index in [1.54, 1.807) is 30.3 Å². The molecule has 0 aliphatic heterocycles. The summed E-state index contributed by atoms with van der Waals surface area (Å²) in [5, 5.41) is 18.2. The molecule has 0 N–H and O–H groups in total. The van der Waals surface area contributed by atoms with Crippen LogP contribution in [-0.4, -0.2) is 5.78 Å². The number of nitriles is 2. The number of rotatable bonds is 2. The third-order valence-corrected chi connectivity index (χ3v) is 3.15. The summed E-state index contributed by atoms with van der Waals surface area (Å²) in [5.74, 6) is -0.173. The van der Waals surface area contributed by atoms with E-state index in [-0.39, 0.29) is 11.4 Å². The van der Waals surface area contributed by atoms with E-state index < -0.39 is 0 Å². The summed E-state index contributed by atoms with van der Waals surface area (Å²) in [6.07, 6.45) is 2.08. The van der Waals surface area contributed by atoms with E-state index in [1.165, 1.54) is 0 Å². The summed E-state index contributed by atoms with van der Waals surface area (Å²) in [5.41, 5.74) is 1.87. The van der Waals surface area contributed by atoms with Gasteiger partial charge in [-0.15, -0.1) is 12.6 Å². The van der Waals surface area contributed by atoms with Gasteiger partial charge in [-0.25, -0.2) is 0 Å². The minimum Gasteiger partial charge on any atom is -0.289 e. The van der Waals surface area contributed by atoms with Crippen LogP contribution in [0, 0.1) is 22.7 Å². The fourth-order valence-electron chi connectivity index (χ4n) is 2.12. The average molecular weight is 278 g/mol. The number of thiol groups is 1. The Bertz CT molecular complexity index is 741. The van der Waals surface area contributed by atoms with Crippen LogP contribution in [0.3, 0.4) is 0 Å². The molecule has 0 saturated carbocycles. The first-order valence-corrected chi connectivity index (χ1v) is 6.30. The second kappa shape index (κ2) is 5.61. The van der Waals surface area contributed by atoms with Crippen molar-refractivity contribution in [2.75, 3.05) is 0 Å². The number of Topliss-reactive ketones (excluding diaryl/α,β-unsaturated/α-hetero) is 1. The van der Waals surface area contributed by atoms with Crippen LogP contribution in [0.4, 0.5) is 0 Å². The highest BCUT2D eigenvalue weighted by molar-refractivity contribution is 7.84. The van der Waals surface area contributed by atoms with Gasteiger partial charge in [-0.05, 0) is 16.9 Å². The predicted octanol–water partition coefficient (Wildman–Crippen LogP) is 3.44. The lowest BCUT2D eigenvalue weighted by Crippen LogP contribution is -1.96. The lowest BCUT2D eigenvalue weighted by molar-refractivity contribution is 0.104. The molecule has 0 unspecified atom stereocenters. The summed E-state index contributed by atoms with van der Waals surface area (Å²) < 4.78 is 0. The maximum Gasteiger partial charge on any atom is 0.194 e. The zero-order valence-corrected chi connectivity index (χ0v) is 11.4. The average Bonchev–Trinajstić information content (AvgIpc) is 2.72. The van der Waals surface area contributed by atoms with E-state index in [4.69, 9.17) is 10.5 Å². The number of hydrogen-bond donors (Lipinski definition) is 1. The molecule has 4 heteroatoms. The minimum absolute atomic E-state index is 0.0562. The fraction of sp³-hybridized carbons (Fsp3) is 0.0625. The molecule has 0 heterocycles. The lowest BCUT2D eigenvalue weighted by atomic mass is 9.99. The standard InChI is InChI=1S/C16H10N2OS/c1-10(20)6-7-14-15(11(8-17)9-18)12-4-2-3-5-13(12)16(14)19/h2-5,7,20H,1,6H2/b14-7-. The van der Waals surface area contributed by atoms with Crippen LogP contribution in [0.2, 0.25) is 0 Å². The van der Waals surface area contributed by atoms with E-state index in [2.05, 4.69) is 19.2 Å². The summed E-state index contributed by atoms with van der Waals surface area (Å²) in [7, 11) is 0. The first kappa shape index (κ1) is 13.9. The van der Waals surface area contributed by atoms with Crippen molar-refractivity contribution in [1.82, 2.24) is 0 Å². The maximum atomic E-state index is 12.4. The normalized spacial score (nSPS) is 14.7. The van der Waals surface area contributed by atoms with Crippen LogP contribution in [0.25, 0.3) is 5.57 Å². The monoisotopic (exact) mass is 278 g/mol. The van der Waals surface area contributed by atoms with E-state index in [1.807, 2.05) is 12.1 Å². The first-order valence-electron chi connectivity index (χ1n) is 5.86. The second-order valence-corrected chi connectivity index (χ2v) is 4.87. The van der Waals surface area contributed by atoms with Gasteiger partial charge in [0, 0.05) is 16.7 Å². The third kappa shape index (κ3) is 2.30. The zero-order chi connectivity index (χ0) is 14.7. The van der Waals surface area contributed by atoms with E-state index >= 15 is 0 Å². The van der Waals surface area contributed by atoms with E-state index in [0.717, 1.165) is 0 Å². The van der Waals surface area contributed by atoms with E-state index in [9.17, 15) is 4.79 Å². The number of carbonyl (C=O) groups is 1. The molecule has 1 aromatic rings. The molecule has 0 amide bonds. The van der Waals surface area contributed by atoms with Crippen molar-refractivity contribution in [2.45, 2.75) is 6.42 Å². The Morgan fingerprint density at radius 3 is 2.40 bits per heavy atom. The lowest BCUT2D eigenvalue weighted by Gasteiger charge is -2.01. The summed E-state index contributed by atoms with van der Waals surface area (Å²) >= 11 is 4.09. The molecule has 96 valence electrons. The van der Waals surface area contributed by atoms with Crippen molar-refractivity contribution < 1.29 is 4.79 Å². The van der Waals surface area contributed by atoms with Crippen LogP contribution in [-0.2, 0) is 0 Å². The van der Waals surface area contributed by atoms with Crippen molar-refractivity contribution in [3.63, 3.8) is 0 Å². The van der Waals surface area contributed by atoms with Crippen molar-refractivity contribution in [3.05, 3.63) is 64.1 Å². The number of allylic oxidation sites excluding steroid dienone is 5. The van der Waals surface area contributed by atoms with Gasteiger partial charge in [0.25, 0.3) is 0 Å². The molecule has 1 aromatic carbocycles. The Morgan fingerprint density at radius 1 is 1.25 bits per heavy atom. The highest BCUT2D eigenvalue weighted by Gasteiger charge is 2.31. The van der Waals surface area contributed by atoms with Crippen molar-refractivity contribution in [2.24, 2.45) is 0 Å². The molecule has 1 aliphatic rings. The smallest absolute Gasteiger partial charge is 0.194 e. The molecule has 0 aromatic heterocycles. The predicted molar refractivity (Wildman–Crippen MR) is 79.7 cm³/mol. The van der Waals surface area contributed by atoms with Crippen molar-refractivity contribution in [3.8, 4) is 12.1 Å². The summed E-state index contributed by atoms with van der Waals surface area (Å²) in [6.45, 7) is 3.66. The first-order chi connectivity index (χ1) is 9.60. The zero-order valence-electron chi connectivity index (χ0n) is 10.6. The number of benzene rings is 1. The number of hydrogen-bond acceptors (Lipinski definition) is 4. The van der Waals surface area contributed by atoms with Crippen LogP contribution in [0.1, 0.15) is 22.3 Å². The molecule has 1 aliphatic carbocycles. The Balaban J connectivity index is 2.72. The molecule has 0 spiro atoms. The molecule has 0 bridgehead atoms. The van der Waals surface area contributed by atoms with Crippen LogP contribution in [0.5, 0.6) is 0 Å². The van der Waals surface area contributed by atoms with Gasteiger partial charge in [0.2, 0.25) is 0 Å².